The topological polar surface area (TPSA) is 69.7 Å². The first-order valence-electron chi connectivity index (χ1n) is 13.4. The molecule has 1 heterocycles. The van der Waals surface area contributed by atoms with Crippen molar-refractivity contribution in [2.75, 3.05) is 11.4 Å². The van der Waals surface area contributed by atoms with Crippen molar-refractivity contribution in [2.24, 2.45) is 0 Å². The molecule has 4 aromatic carbocycles. The Morgan fingerprint density at radius 1 is 0.872 bits per heavy atom. The quantitative estimate of drug-likeness (QED) is 0.327. The molecule has 1 aliphatic rings. The Labute approximate surface area is 229 Å². The SMILES string of the molecule is Cc1ccccc1CN(C(=O)CN1C(=O)c2cccc3cccc1c23)[C@@H](Cc1ccccc1)C(=O)NC(C)C. The highest BCUT2D eigenvalue weighted by molar-refractivity contribution is 6.26. The molecule has 0 saturated heterocycles. The van der Waals surface area contributed by atoms with Crippen molar-refractivity contribution in [3.8, 4) is 0 Å². The maximum absolute atomic E-state index is 14.2. The van der Waals surface area contributed by atoms with Gasteiger partial charge in [0.2, 0.25) is 11.8 Å². The lowest BCUT2D eigenvalue weighted by Gasteiger charge is -2.33. The maximum Gasteiger partial charge on any atom is 0.259 e. The molecule has 6 nitrogen and oxygen atoms in total. The van der Waals surface area contributed by atoms with Gasteiger partial charge in [-0.1, -0.05) is 78.9 Å². The zero-order chi connectivity index (χ0) is 27.5. The summed E-state index contributed by atoms with van der Waals surface area (Å²) in [6, 6.07) is 28.1. The first-order chi connectivity index (χ1) is 18.8. The number of aryl methyl sites for hydroxylation is 1. The molecule has 0 bridgehead atoms. The minimum Gasteiger partial charge on any atom is -0.352 e. The van der Waals surface area contributed by atoms with Crippen LogP contribution in [0.2, 0.25) is 0 Å². The minimum absolute atomic E-state index is 0.0848. The number of carbonyl (C=O) groups excluding carboxylic acids is 3. The lowest BCUT2D eigenvalue weighted by Crippen LogP contribution is -2.54. The van der Waals surface area contributed by atoms with Gasteiger partial charge in [-0.3, -0.25) is 19.3 Å². The van der Waals surface area contributed by atoms with Crippen LogP contribution in [0.4, 0.5) is 5.69 Å². The summed E-state index contributed by atoms with van der Waals surface area (Å²) in [5.41, 5.74) is 4.27. The second-order valence-corrected chi connectivity index (χ2v) is 10.4. The van der Waals surface area contributed by atoms with E-state index < -0.39 is 6.04 Å². The van der Waals surface area contributed by atoms with Gasteiger partial charge in [0, 0.05) is 30.0 Å². The van der Waals surface area contributed by atoms with E-state index in [1.165, 1.54) is 0 Å². The van der Waals surface area contributed by atoms with Crippen molar-refractivity contribution in [2.45, 2.75) is 45.8 Å². The molecule has 6 heteroatoms. The molecule has 3 amide bonds. The van der Waals surface area contributed by atoms with E-state index in [1.807, 2.05) is 106 Å². The second kappa shape index (κ2) is 11.1. The monoisotopic (exact) mass is 519 g/mol. The predicted molar refractivity (Wildman–Crippen MR) is 155 cm³/mol. The third kappa shape index (κ3) is 5.41. The fourth-order valence-corrected chi connectivity index (χ4v) is 5.27. The number of benzene rings is 4. The van der Waals surface area contributed by atoms with Crippen LogP contribution < -0.4 is 10.2 Å². The number of hydrogen-bond donors (Lipinski definition) is 1. The van der Waals surface area contributed by atoms with Gasteiger partial charge < -0.3 is 10.2 Å². The Kier molecular flexibility index (Phi) is 7.46. The lowest BCUT2D eigenvalue weighted by atomic mass is 10.0. The van der Waals surface area contributed by atoms with Crippen LogP contribution in [0, 0.1) is 6.92 Å². The van der Waals surface area contributed by atoms with Crippen molar-refractivity contribution in [3.05, 3.63) is 113 Å². The summed E-state index contributed by atoms with van der Waals surface area (Å²) in [5, 5.41) is 4.84. The number of anilines is 1. The number of rotatable bonds is 9. The molecule has 1 N–H and O–H groups in total. The third-order valence-electron chi connectivity index (χ3n) is 7.25. The summed E-state index contributed by atoms with van der Waals surface area (Å²) in [6.07, 6.45) is 0.362. The van der Waals surface area contributed by atoms with Crippen molar-refractivity contribution in [3.63, 3.8) is 0 Å². The van der Waals surface area contributed by atoms with Gasteiger partial charge in [-0.05, 0) is 55.0 Å². The average Bonchev–Trinajstić information content (AvgIpc) is 3.19. The van der Waals surface area contributed by atoms with Crippen molar-refractivity contribution in [1.82, 2.24) is 10.2 Å². The lowest BCUT2D eigenvalue weighted by molar-refractivity contribution is -0.140. The van der Waals surface area contributed by atoms with Crippen molar-refractivity contribution < 1.29 is 14.4 Å². The van der Waals surface area contributed by atoms with Gasteiger partial charge in [-0.25, -0.2) is 0 Å². The Morgan fingerprint density at radius 2 is 1.56 bits per heavy atom. The van der Waals surface area contributed by atoms with E-state index in [-0.39, 0.29) is 36.9 Å². The van der Waals surface area contributed by atoms with E-state index in [0.29, 0.717) is 12.0 Å². The van der Waals surface area contributed by atoms with Crippen LogP contribution in [0.3, 0.4) is 0 Å². The molecule has 5 rings (SSSR count). The van der Waals surface area contributed by atoms with Crippen LogP contribution in [0.5, 0.6) is 0 Å². The fraction of sp³-hybridized carbons (Fsp3) is 0.242. The third-order valence-corrected chi connectivity index (χ3v) is 7.25. The first-order valence-corrected chi connectivity index (χ1v) is 13.4. The largest absolute Gasteiger partial charge is 0.352 e. The van der Waals surface area contributed by atoms with Gasteiger partial charge in [0.1, 0.15) is 12.6 Å². The molecule has 0 aromatic heterocycles. The second-order valence-electron chi connectivity index (χ2n) is 10.4. The Bertz CT molecular complexity index is 1520. The maximum atomic E-state index is 14.2. The molecule has 1 aliphatic heterocycles. The van der Waals surface area contributed by atoms with E-state index in [2.05, 4.69) is 5.32 Å². The van der Waals surface area contributed by atoms with Crippen LogP contribution in [-0.4, -0.2) is 41.2 Å². The minimum atomic E-state index is -0.752. The number of nitrogens with zero attached hydrogens (tertiary/aromatic N) is 2. The molecule has 0 spiro atoms. The van der Waals surface area contributed by atoms with E-state index in [4.69, 9.17) is 0 Å². The molecule has 0 fully saturated rings. The van der Waals surface area contributed by atoms with Gasteiger partial charge in [-0.2, -0.15) is 0 Å². The van der Waals surface area contributed by atoms with E-state index in [9.17, 15) is 14.4 Å². The van der Waals surface area contributed by atoms with Crippen LogP contribution in [-0.2, 0) is 22.6 Å². The molecule has 0 radical (unpaired) electrons. The number of hydrogen-bond acceptors (Lipinski definition) is 3. The molecule has 0 unspecified atom stereocenters. The number of nitrogens with one attached hydrogen (secondary N) is 1. The van der Waals surface area contributed by atoms with Gasteiger partial charge in [0.25, 0.3) is 5.91 Å². The van der Waals surface area contributed by atoms with Crippen molar-refractivity contribution in [1.29, 1.82) is 0 Å². The number of amides is 3. The van der Waals surface area contributed by atoms with E-state index >= 15 is 0 Å². The summed E-state index contributed by atoms with van der Waals surface area (Å²) < 4.78 is 0. The Morgan fingerprint density at radius 3 is 2.28 bits per heavy atom. The summed E-state index contributed by atoms with van der Waals surface area (Å²) >= 11 is 0. The molecule has 4 aromatic rings. The summed E-state index contributed by atoms with van der Waals surface area (Å²) in [4.78, 5) is 44.5. The highest BCUT2D eigenvalue weighted by Gasteiger charge is 2.36. The van der Waals surface area contributed by atoms with Gasteiger partial charge in [0.05, 0.1) is 5.69 Å². The normalized spacial score (nSPS) is 13.1. The predicted octanol–water partition coefficient (Wildman–Crippen LogP) is 5.27. The van der Waals surface area contributed by atoms with Crippen LogP contribution >= 0.6 is 0 Å². The van der Waals surface area contributed by atoms with E-state index in [1.54, 1.807) is 15.9 Å². The highest BCUT2D eigenvalue weighted by Crippen LogP contribution is 2.37. The van der Waals surface area contributed by atoms with E-state index in [0.717, 1.165) is 33.2 Å². The fourth-order valence-electron chi connectivity index (χ4n) is 5.27. The summed E-state index contributed by atoms with van der Waals surface area (Å²) in [7, 11) is 0. The summed E-state index contributed by atoms with van der Waals surface area (Å²) in [6.45, 7) is 5.92. The smallest absolute Gasteiger partial charge is 0.259 e. The average molecular weight is 520 g/mol. The Balaban J connectivity index is 1.52. The zero-order valence-electron chi connectivity index (χ0n) is 22.6. The van der Waals surface area contributed by atoms with Gasteiger partial charge in [0.15, 0.2) is 0 Å². The molecule has 0 aliphatic carbocycles. The van der Waals surface area contributed by atoms with Crippen LogP contribution in [0.15, 0.2) is 91.0 Å². The molecule has 1 atom stereocenters. The number of carbonyl (C=O) groups is 3. The Hall–Kier alpha value is -4.45. The van der Waals surface area contributed by atoms with Gasteiger partial charge >= 0.3 is 0 Å². The molecule has 198 valence electrons. The highest BCUT2D eigenvalue weighted by atomic mass is 16.2. The van der Waals surface area contributed by atoms with Crippen LogP contribution in [0.25, 0.3) is 10.8 Å². The first kappa shape index (κ1) is 26.2. The molecule has 0 saturated carbocycles. The summed E-state index contributed by atoms with van der Waals surface area (Å²) in [5.74, 6) is -0.692. The molecular weight excluding hydrogens is 486 g/mol. The van der Waals surface area contributed by atoms with Gasteiger partial charge in [-0.15, -0.1) is 0 Å². The molecule has 39 heavy (non-hydrogen) atoms. The molecular formula is C33H33N3O3. The van der Waals surface area contributed by atoms with Crippen LogP contribution in [0.1, 0.15) is 40.9 Å². The standard InChI is InChI=1S/C33H33N3O3/c1-22(2)34-32(38)29(19-24-12-5-4-6-13-24)35(20-26-14-8-7-11-23(26)3)30(37)21-36-28-18-10-16-25-15-9-17-27(31(25)28)33(36)39/h4-18,22,29H,19-21H2,1-3H3,(H,34,38)/t29-/m0/s1. The zero-order valence-corrected chi connectivity index (χ0v) is 22.6. The van der Waals surface area contributed by atoms with Crippen molar-refractivity contribution >= 4 is 34.2 Å².